The Bertz CT molecular complexity index is 405. The molecule has 0 aliphatic rings. The summed E-state index contributed by atoms with van der Waals surface area (Å²) in [5, 5.41) is 3.08. The molecule has 0 aliphatic heterocycles. The summed E-state index contributed by atoms with van der Waals surface area (Å²) in [4.78, 5) is 0. The summed E-state index contributed by atoms with van der Waals surface area (Å²) in [6, 6.07) is 2.23. The first-order valence-corrected chi connectivity index (χ1v) is 6.44. The van der Waals surface area contributed by atoms with Crippen molar-refractivity contribution in [2.24, 2.45) is 5.41 Å². The highest BCUT2D eigenvalue weighted by atomic mass is 79.9. The molecule has 0 radical (unpaired) electrons. The maximum absolute atomic E-state index is 13.9. The first-order valence-electron chi connectivity index (χ1n) is 5.65. The van der Waals surface area contributed by atoms with Gasteiger partial charge in [-0.05, 0) is 46.9 Å². The average molecular weight is 306 g/mol. The van der Waals surface area contributed by atoms with Gasteiger partial charge in [-0.25, -0.2) is 8.78 Å². The lowest BCUT2D eigenvalue weighted by molar-refractivity contribution is 0.239. The van der Waals surface area contributed by atoms with Gasteiger partial charge in [-0.15, -0.1) is 0 Å². The zero-order valence-corrected chi connectivity index (χ0v) is 12.2. The molecule has 0 aliphatic carbocycles. The summed E-state index contributed by atoms with van der Waals surface area (Å²) in [5.41, 5.74) is 0.232. The molecule has 0 heterocycles. The minimum atomic E-state index is -0.437. The maximum Gasteiger partial charge on any atom is 0.137 e. The smallest absolute Gasteiger partial charge is 0.137 e. The first-order chi connectivity index (χ1) is 7.83. The molecular weight excluding hydrogens is 288 g/mol. The highest BCUT2D eigenvalue weighted by Crippen LogP contribution is 2.38. The third-order valence-electron chi connectivity index (χ3n) is 3.33. The van der Waals surface area contributed by atoms with Gasteiger partial charge in [0.2, 0.25) is 0 Å². The Labute approximate surface area is 110 Å². The Balaban J connectivity index is 3.26. The second kappa shape index (κ2) is 5.44. The number of rotatable bonds is 4. The molecule has 1 nitrogen and oxygen atoms in total. The molecule has 0 spiro atoms. The van der Waals surface area contributed by atoms with Gasteiger partial charge in [-0.1, -0.05) is 20.8 Å². The number of halogens is 3. The molecule has 1 N–H and O–H groups in total. The van der Waals surface area contributed by atoms with Crippen molar-refractivity contribution in [2.45, 2.75) is 33.2 Å². The van der Waals surface area contributed by atoms with Crippen LogP contribution in [0, 0.1) is 17.0 Å². The van der Waals surface area contributed by atoms with Gasteiger partial charge >= 0.3 is 0 Å². The molecule has 0 amide bonds. The van der Waals surface area contributed by atoms with E-state index in [1.165, 1.54) is 12.1 Å². The fourth-order valence-corrected chi connectivity index (χ4v) is 2.25. The summed E-state index contributed by atoms with van der Waals surface area (Å²) in [6.45, 7) is 6.11. The monoisotopic (exact) mass is 305 g/mol. The molecule has 0 saturated heterocycles. The van der Waals surface area contributed by atoms with Crippen molar-refractivity contribution in [1.29, 1.82) is 0 Å². The zero-order chi connectivity index (χ0) is 13.2. The van der Waals surface area contributed by atoms with Crippen molar-refractivity contribution in [1.82, 2.24) is 5.32 Å². The fourth-order valence-electron chi connectivity index (χ4n) is 1.93. The van der Waals surface area contributed by atoms with Crippen LogP contribution in [0.3, 0.4) is 0 Å². The van der Waals surface area contributed by atoms with E-state index in [9.17, 15) is 8.78 Å². The Morgan fingerprint density at radius 1 is 1.29 bits per heavy atom. The van der Waals surface area contributed by atoms with Gasteiger partial charge in [0.1, 0.15) is 11.6 Å². The number of nitrogens with one attached hydrogen (secondary N) is 1. The summed E-state index contributed by atoms with van der Waals surface area (Å²) in [6.07, 6.45) is 0.871. The number of hydrogen-bond donors (Lipinski definition) is 1. The van der Waals surface area contributed by atoms with Crippen LogP contribution in [-0.4, -0.2) is 7.05 Å². The van der Waals surface area contributed by atoms with Crippen molar-refractivity contribution in [3.8, 4) is 0 Å². The molecular formula is C13H18BrF2N. The van der Waals surface area contributed by atoms with E-state index in [1.807, 2.05) is 20.8 Å². The van der Waals surface area contributed by atoms with Gasteiger partial charge in [-0.2, -0.15) is 0 Å². The summed E-state index contributed by atoms with van der Waals surface area (Å²) in [7, 11) is 1.77. The predicted molar refractivity (Wildman–Crippen MR) is 69.9 cm³/mol. The SMILES string of the molecule is CCC(C)(C)C(NC)c1cc(F)c(Br)cc1F. The van der Waals surface area contributed by atoms with Gasteiger partial charge in [0.25, 0.3) is 0 Å². The number of hydrogen-bond acceptors (Lipinski definition) is 1. The molecule has 0 saturated carbocycles. The molecule has 1 rings (SSSR count). The molecule has 1 aromatic rings. The van der Waals surface area contributed by atoms with Crippen LogP contribution in [-0.2, 0) is 0 Å². The van der Waals surface area contributed by atoms with Crippen LogP contribution >= 0.6 is 15.9 Å². The van der Waals surface area contributed by atoms with E-state index in [4.69, 9.17) is 0 Å². The van der Waals surface area contributed by atoms with Crippen LogP contribution < -0.4 is 5.32 Å². The van der Waals surface area contributed by atoms with Gasteiger partial charge < -0.3 is 5.32 Å². The quantitative estimate of drug-likeness (QED) is 0.812. The van der Waals surface area contributed by atoms with Crippen LogP contribution in [0.5, 0.6) is 0 Å². The minimum Gasteiger partial charge on any atom is -0.312 e. The van der Waals surface area contributed by atoms with Crippen molar-refractivity contribution in [3.05, 3.63) is 33.8 Å². The van der Waals surface area contributed by atoms with Crippen molar-refractivity contribution < 1.29 is 8.78 Å². The lowest BCUT2D eigenvalue weighted by Crippen LogP contribution is -2.32. The van der Waals surface area contributed by atoms with Crippen LogP contribution in [0.4, 0.5) is 8.78 Å². The molecule has 1 aromatic carbocycles. The van der Waals surface area contributed by atoms with E-state index in [0.717, 1.165) is 6.42 Å². The van der Waals surface area contributed by atoms with Crippen LogP contribution in [0.2, 0.25) is 0 Å². The molecule has 0 aromatic heterocycles. The normalized spacial score (nSPS) is 13.8. The van der Waals surface area contributed by atoms with Crippen LogP contribution in [0.1, 0.15) is 38.8 Å². The van der Waals surface area contributed by atoms with E-state index < -0.39 is 5.82 Å². The average Bonchev–Trinajstić information content (AvgIpc) is 2.26. The van der Waals surface area contributed by atoms with Gasteiger partial charge in [0.15, 0.2) is 0 Å². The first kappa shape index (κ1) is 14.6. The second-order valence-corrected chi connectivity index (χ2v) is 5.71. The summed E-state index contributed by atoms with van der Waals surface area (Å²) >= 11 is 2.98. The van der Waals surface area contributed by atoms with Crippen molar-refractivity contribution >= 4 is 15.9 Å². The zero-order valence-electron chi connectivity index (χ0n) is 10.6. The van der Waals surface area contributed by atoms with Crippen molar-refractivity contribution in [3.63, 3.8) is 0 Å². The van der Waals surface area contributed by atoms with Gasteiger partial charge in [0.05, 0.1) is 4.47 Å². The van der Waals surface area contributed by atoms with Crippen LogP contribution in [0.25, 0.3) is 0 Å². The number of benzene rings is 1. The standard InChI is InChI=1S/C13H18BrF2N/c1-5-13(2,3)12(17-4)8-6-11(16)9(14)7-10(8)15/h6-7,12,17H,5H2,1-4H3. The third-order valence-corrected chi connectivity index (χ3v) is 3.94. The van der Waals surface area contributed by atoms with E-state index >= 15 is 0 Å². The molecule has 1 unspecified atom stereocenters. The van der Waals surface area contributed by atoms with E-state index in [1.54, 1.807) is 7.05 Å². The molecule has 17 heavy (non-hydrogen) atoms. The predicted octanol–water partition coefficient (Wildman–Crippen LogP) is 4.42. The van der Waals surface area contributed by atoms with Crippen LogP contribution in [0.15, 0.2) is 16.6 Å². The topological polar surface area (TPSA) is 12.0 Å². The molecule has 0 fully saturated rings. The second-order valence-electron chi connectivity index (χ2n) is 4.85. The van der Waals surface area contributed by atoms with E-state index in [-0.39, 0.29) is 21.7 Å². The molecule has 1 atom stereocenters. The molecule has 4 heteroatoms. The molecule has 0 bridgehead atoms. The Morgan fingerprint density at radius 2 is 1.88 bits per heavy atom. The maximum atomic E-state index is 13.9. The molecule has 96 valence electrons. The Morgan fingerprint density at radius 3 is 2.35 bits per heavy atom. The lowest BCUT2D eigenvalue weighted by atomic mass is 9.78. The highest BCUT2D eigenvalue weighted by molar-refractivity contribution is 9.10. The summed E-state index contributed by atoms with van der Waals surface area (Å²) in [5.74, 6) is -0.826. The Hall–Kier alpha value is -0.480. The summed E-state index contributed by atoms with van der Waals surface area (Å²) < 4.78 is 27.6. The highest BCUT2D eigenvalue weighted by Gasteiger charge is 2.30. The van der Waals surface area contributed by atoms with E-state index in [2.05, 4.69) is 21.2 Å². The minimum absolute atomic E-state index is 0.143. The fraction of sp³-hybridized carbons (Fsp3) is 0.538. The van der Waals surface area contributed by atoms with Gasteiger partial charge in [-0.3, -0.25) is 0 Å². The largest absolute Gasteiger partial charge is 0.312 e. The third kappa shape index (κ3) is 3.05. The Kier molecular flexibility index (Phi) is 4.67. The van der Waals surface area contributed by atoms with Gasteiger partial charge in [0, 0.05) is 11.6 Å². The lowest BCUT2D eigenvalue weighted by Gasteiger charge is -2.34. The van der Waals surface area contributed by atoms with Crippen molar-refractivity contribution in [2.75, 3.05) is 7.05 Å². The van der Waals surface area contributed by atoms with E-state index in [0.29, 0.717) is 5.56 Å².